The van der Waals surface area contributed by atoms with Gasteiger partial charge in [0.2, 0.25) is 5.91 Å². The smallest absolute Gasteiger partial charge is 0.217 e. The number of piperidine rings is 1. The molecule has 0 atom stereocenters. The Labute approximate surface area is 131 Å². The van der Waals surface area contributed by atoms with Crippen molar-refractivity contribution < 1.29 is 9.90 Å². The third-order valence-electron chi connectivity index (χ3n) is 4.60. The van der Waals surface area contributed by atoms with E-state index in [1.165, 1.54) is 0 Å². The summed E-state index contributed by atoms with van der Waals surface area (Å²) in [6.45, 7) is 5.29. The van der Waals surface area contributed by atoms with Gasteiger partial charge in [0.05, 0.1) is 6.10 Å². The molecule has 2 aliphatic rings. The normalized spacial score (nSPS) is 25.7. The van der Waals surface area contributed by atoms with Crippen LogP contribution in [0.1, 0.15) is 50.0 Å². The Morgan fingerprint density at radius 3 is 2.59 bits per heavy atom. The Kier molecular flexibility index (Phi) is 4.29. The molecule has 0 bridgehead atoms. The monoisotopic (exact) mass is 304 g/mol. The second-order valence-corrected chi connectivity index (χ2v) is 6.48. The van der Waals surface area contributed by atoms with Crippen molar-refractivity contribution in [1.82, 2.24) is 15.3 Å². The zero-order valence-corrected chi connectivity index (χ0v) is 13.2. The van der Waals surface area contributed by atoms with Crippen LogP contribution in [0.3, 0.4) is 0 Å². The number of aliphatic hydroxyl groups is 1. The first-order valence-electron chi connectivity index (χ1n) is 8.07. The number of aryl methyl sites for hydroxylation is 1. The Balaban J connectivity index is 1.66. The van der Waals surface area contributed by atoms with Crippen LogP contribution in [-0.2, 0) is 4.79 Å². The summed E-state index contributed by atoms with van der Waals surface area (Å²) in [5.41, 5.74) is 1.05. The molecule has 2 N–H and O–H groups in total. The first-order valence-corrected chi connectivity index (χ1v) is 8.07. The van der Waals surface area contributed by atoms with Gasteiger partial charge in [-0.15, -0.1) is 0 Å². The second-order valence-electron chi connectivity index (χ2n) is 6.48. The van der Waals surface area contributed by atoms with E-state index in [4.69, 9.17) is 0 Å². The standard InChI is InChI=1S/C16H24N4O2/c1-10-17-15(12-7-14(22)8-12)9-16(18-10)20-5-3-13(4-6-20)19-11(2)21/h9,12-14,22H,3-8H2,1-2H3,(H,19,21). The molecule has 1 saturated carbocycles. The van der Waals surface area contributed by atoms with E-state index in [0.29, 0.717) is 5.92 Å². The Hall–Kier alpha value is -1.69. The molecule has 1 aliphatic heterocycles. The van der Waals surface area contributed by atoms with E-state index in [2.05, 4.69) is 26.3 Å². The SMILES string of the molecule is CC(=O)NC1CCN(c2cc(C3CC(O)C3)nc(C)n2)CC1. The maximum absolute atomic E-state index is 11.1. The van der Waals surface area contributed by atoms with Gasteiger partial charge in [0.1, 0.15) is 11.6 Å². The number of carbonyl (C=O) groups is 1. The van der Waals surface area contributed by atoms with Crippen LogP contribution in [0.15, 0.2) is 6.07 Å². The lowest BCUT2D eigenvalue weighted by atomic mass is 9.80. The van der Waals surface area contributed by atoms with Crippen molar-refractivity contribution in [2.24, 2.45) is 0 Å². The molecule has 0 spiro atoms. The van der Waals surface area contributed by atoms with Crippen LogP contribution >= 0.6 is 0 Å². The fourth-order valence-electron chi connectivity index (χ4n) is 3.32. The van der Waals surface area contributed by atoms with Gasteiger partial charge in [-0.25, -0.2) is 9.97 Å². The topological polar surface area (TPSA) is 78.4 Å². The predicted octanol–water partition coefficient (Wildman–Crippen LogP) is 1.13. The van der Waals surface area contributed by atoms with E-state index >= 15 is 0 Å². The summed E-state index contributed by atoms with van der Waals surface area (Å²) < 4.78 is 0. The van der Waals surface area contributed by atoms with E-state index in [1.54, 1.807) is 6.92 Å². The van der Waals surface area contributed by atoms with Crippen LogP contribution in [0.4, 0.5) is 5.82 Å². The number of anilines is 1. The fourth-order valence-corrected chi connectivity index (χ4v) is 3.32. The van der Waals surface area contributed by atoms with Gasteiger partial charge < -0.3 is 15.3 Å². The van der Waals surface area contributed by atoms with Crippen LogP contribution in [0, 0.1) is 6.92 Å². The number of carbonyl (C=O) groups excluding carboxylic acids is 1. The van der Waals surface area contributed by atoms with Crippen molar-refractivity contribution >= 4 is 11.7 Å². The van der Waals surface area contributed by atoms with E-state index in [9.17, 15) is 9.90 Å². The zero-order valence-electron chi connectivity index (χ0n) is 13.2. The summed E-state index contributed by atoms with van der Waals surface area (Å²) in [6, 6.07) is 2.35. The van der Waals surface area contributed by atoms with Gasteiger partial charge in [-0.3, -0.25) is 4.79 Å². The van der Waals surface area contributed by atoms with E-state index in [1.807, 2.05) is 6.92 Å². The van der Waals surface area contributed by atoms with Gasteiger partial charge in [0.15, 0.2) is 0 Å². The molecule has 2 heterocycles. The quantitative estimate of drug-likeness (QED) is 0.875. The molecule has 1 aromatic rings. The number of nitrogens with one attached hydrogen (secondary N) is 1. The van der Waals surface area contributed by atoms with E-state index in [0.717, 1.165) is 56.1 Å². The highest BCUT2D eigenvalue weighted by atomic mass is 16.3. The number of aromatic nitrogens is 2. The number of rotatable bonds is 3. The number of amides is 1. The third-order valence-corrected chi connectivity index (χ3v) is 4.60. The summed E-state index contributed by atoms with van der Waals surface area (Å²) in [5.74, 6) is 2.18. The van der Waals surface area contributed by atoms with Crippen LogP contribution < -0.4 is 10.2 Å². The van der Waals surface area contributed by atoms with Crippen molar-refractivity contribution in [1.29, 1.82) is 0 Å². The number of aliphatic hydroxyl groups excluding tert-OH is 1. The molecule has 6 heteroatoms. The van der Waals surface area contributed by atoms with Crippen molar-refractivity contribution in [2.45, 2.75) is 57.6 Å². The maximum atomic E-state index is 11.1. The van der Waals surface area contributed by atoms with Crippen molar-refractivity contribution in [2.75, 3.05) is 18.0 Å². The minimum absolute atomic E-state index is 0.0437. The average molecular weight is 304 g/mol. The highest BCUT2D eigenvalue weighted by Gasteiger charge is 2.30. The largest absolute Gasteiger partial charge is 0.393 e. The van der Waals surface area contributed by atoms with Crippen molar-refractivity contribution in [3.05, 3.63) is 17.6 Å². The lowest BCUT2D eigenvalue weighted by molar-refractivity contribution is -0.119. The summed E-state index contributed by atoms with van der Waals surface area (Å²) in [6.07, 6.45) is 3.33. The molecule has 3 rings (SSSR count). The molecule has 1 saturated heterocycles. The van der Waals surface area contributed by atoms with Gasteiger partial charge in [-0.2, -0.15) is 0 Å². The molecule has 0 aromatic carbocycles. The molecule has 1 aromatic heterocycles. The first kappa shape index (κ1) is 15.2. The van der Waals surface area contributed by atoms with Gasteiger partial charge in [-0.1, -0.05) is 0 Å². The Bertz CT molecular complexity index is 549. The van der Waals surface area contributed by atoms with Crippen LogP contribution in [0.2, 0.25) is 0 Å². The number of hydrogen-bond donors (Lipinski definition) is 2. The zero-order chi connectivity index (χ0) is 15.7. The highest BCUT2D eigenvalue weighted by Crippen LogP contribution is 2.36. The molecule has 1 aliphatic carbocycles. The minimum Gasteiger partial charge on any atom is -0.393 e. The summed E-state index contributed by atoms with van der Waals surface area (Å²) in [5, 5.41) is 12.5. The Morgan fingerprint density at radius 1 is 1.32 bits per heavy atom. The molecular weight excluding hydrogens is 280 g/mol. The third kappa shape index (κ3) is 3.38. The molecule has 0 unspecified atom stereocenters. The minimum atomic E-state index is -0.169. The molecule has 22 heavy (non-hydrogen) atoms. The second kappa shape index (κ2) is 6.20. The van der Waals surface area contributed by atoms with Crippen LogP contribution in [0.25, 0.3) is 0 Å². The Morgan fingerprint density at radius 2 is 2.00 bits per heavy atom. The summed E-state index contributed by atoms with van der Waals surface area (Å²) >= 11 is 0. The first-order chi connectivity index (χ1) is 10.5. The maximum Gasteiger partial charge on any atom is 0.217 e. The van der Waals surface area contributed by atoms with Gasteiger partial charge >= 0.3 is 0 Å². The number of hydrogen-bond acceptors (Lipinski definition) is 5. The molecule has 2 fully saturated rings. The molecule has 6 nitrogen and oxygen atoms in total. The molecular formula is C16H24N4O2. The summed E-state index contributed by atoms with van der Waals surface area (Å²) in [4.78, 5) is 22.5. The molecule has 0 radical (unpaired) electrons. The predicted molar refractivity (Wildman–Crippen MR) is 83.8 cm³/mol. The molecule has 1 amide bonds. The van der Waals surface area contributed by atoms with Gasteiger partial charge in [-0.05, 0) is 32.6 Å². The average Bonchev–Trinajstić information content (AvgIpc) is 2.43. The highest BCUT2D eigenvalue weighted by molar-refractivity contribution is 5.73. The van der Waals surface area contributed by atoms with Crippen molar-refractivity contribution in [3.63, 3.8) is 0 Å². The van der Waals surface area contributed by atoms with E-state index < -0.39 is 0 Å². The van der Waals surface area contributed by atoms with E-state index in [-0.39, 0.29) is 18.1 Å². The van der Waals surface area contributed by atoms with Gasteiger partial charge in [0, 0.05) is 43.7 Å². The fraction of sp³-hybridized carbons (Fsp3) is 0.688. The lowest BCUT2D eigenvalue weighted by Crippen LogP contribution is -2.44. The van der Waals surface area contributed by atoms with Crippen LogP contribution in [0.5, 0.6) is 0 Å². The number of nitrogens with zero attached hydrogens (tertiary/aromatic N) is 3. The van der Waals surface area contributed by atoms with Gasteiger partial charge in [0.25, 0.3) is 0 Å². The lowest BCUT2D eigenvalue weighted by Gasteiger charge is -2.34. The van der Waals surface area contributed by atoms with Crippen LogP contribution in [-0.4, -0.2) is 46.2 Å². The summed E-state index contributed by atoms with van der Waals surface area (Å²) in [7, 11) is 0. The van der Waals surface area contributed by atoms with Crippen molar-refractivity contribution in [3.8, 4) is 0 Å². The molecule has 120 valence electrons.